The van der Waals surface area contributed by atoms with E-state index in [-0.39, 0.29) is 0 Å². The molecule has 0 unspecified atom stereocenters. The average Bonchev–Trinajstić information content (AvgIpc) is 3.28. The minimum absolute atomic E-state index is 0.704. The first-order valence-electron chi connectivity index (χ1n) is 10.6. The molecule has 0 saturated carbocycles. The van der Waals surface area contributed by atoms with Gasteiger partial charge >= 0.3 is 0 Å². The Hall–Kier alpha value is -2.99. The molecule has 32 heavy (non-hydrogen) atoms. The Kier molecular flexibility index (Phi) is 6.30. The van der Waals surface area contributed by atoms with Crippen LogP contribution in [0.2, 0.25) is 5.02 Å². The van der Waals surface area contributed by atoms with Crippen LogP contribution in [-0.2, 0) is 4.74 Å². The van der Waals surface area contributed by atoms with Crippen molar-refractivity contribution >= 4 is 33.8 Å². The summed E-state index contributed by atoms with van der Waals surface area (Å²) in [7, 11) is 0. The Morgan fingerprint density at radius 3 is 2.19 bits per heavy atom. The highest BCUT2D eigenvalue weighted by atomic mass is 35.5. The molecule has 0 radical (unpaired) electrons. The molecule has 2 heterocycles. The number of halogens is 1. The highest BCUT2D eigenvalue weighted by molar-refractivity contribution is 7.19. The third-order valence-electron chi connectivity index (χ3n) is 5.30. The summed E-state index contributed by atoms with van der Waals surface area (Å²) < 4.78 is 5.58. The lowest BCUT2D eigenvalue weighted by atomic mass is 10.1. The van der Waals surface area contributed by atoms with Gasteiger partial charge in [0.05, 0.1) is 13.2 Å². The van der Waals surface area contributed by atoms with Crippen molar-refractivity contribution in [2.24, 2.45) is 4.99 Å². The van der Waals surface area contributed by atoms with E-state index in [0.29, 0.717) is 18.2 Å². The molecule has 4 nitrogen and oxygen atoms in total. The van der Waals surface area contributed by atoms with E-state index in [2.05, 4.69) is 41.3 Å². The first-order chi connectivity index (χ1) is 15.8. The van der Waals surface area contributed by atoms with Gasteiger partial charge in [-0.05, 0) is 12.1 Å². The lowest BCUT2D eigenvalue weighted by Crippen LogP contribution is -2.41. The highest BCUT2D eigenvalue weighted by Crippen LogP contribution is 2.40. The maximum absolute atomic E-state index is 6.10. The first-order valence-corrected chi connectivity index (χ1v) is 11.8. The second-order valence-corrected chi connectivity index (χ2v) is 8.86. The van der Waals surface area contributed by atoms with Crippen molar-refractivity contribution in [3.05, 3.63) is 95.5 Å². The van der Waals surface area contributed by atoms with E-state index in [9.17, 15) is 0 Å². The van der Waals surface area contributed by atoms with Crippen molar-refractivity contribution in [3.8, 4) is 21.8 Å². The van der Waals surface area contributed by atoms with Gasteiger partial charge in [-0.15, -0.1) is 0 Å². The number of nitrogens with zero attached hydrogens (tertiary/aromatic N) is 3. The van der Waals surface area contributed by atoms with Gasteiger partial charge in [0.2, 0.25) is 0 Å². The van der Waals surface area contributed by atoms with Crippen LogP contribution in [0.5, 0.6) is 0 Å². The van der Waals surface area contributed by atoms with Crippen molar-refractivity contribution < 1.29 is 4.74 Å². The minimum atomic E-state index is 0.704. The molecule has 1 aliphatic heterocycles. The van der Waals surface area contributed by atoms with Crippen LogP contribution in [0.1, 0.15) is 5.56 Å². The lowest BCUT2D eigenvalue weighted by Gasteiger charge is -2.30. The SMILES string of the molecule is Clc1ccc(-c2nc(-c3ccccc3)c(/N=C(/c3ccccc3)N3CCOCC3)s2)cc1. The van der Waals surface area contributed by atoms with Crippen molar-refractivity contribution in [3.63, 3.8) is 0 Å². The van der Waals surface area contributed by atoms with Crippen LogP contribution < -0.4 is 0 Å². The number of hydrogen-bond donors (Lipinski definition) is 0. The Balaban J connectivity index is 1.65. The number of benzene rings is 3. The average molecular weight is 460 g/mol. The van der Waals surface area contributed by atoms with Crippen LogP contribution >= 0.6 is 22.9 Å². The molecule has 0 N–H and O–H groups in total. The fourth-order valence-electron chi connectivity index (χ4n) is 3.66. The Morgan fingerprint density at radius 2 is 1.50 bits per heavy atom. The Morgan fingerprint density at radius 1 is 0.844 bits per heavy atom. The standard InChI is InChI=1S/C26H22ClN3OS/c27-22-13-11-21(12-14-22)25-28-23(19-7-3-1-4-8-19)26(32-25)29-24(20-9-5-2-6-10-20)30-15-17-31-18-16-30/h1-14H,15-18H2/b29-24-. The van der Waals surface area contributed by atoms with Crippen LogP contribution in [0.25, 0.3) is 21.8 Å². The monoisotopic (exact) mass is 459 g/mol. The van der Waals surface area contributed by atoms with Crippen LogP contribution in [0.3, 0.4) is 0 Å². The zero-order chi connectivity index (χ0) is 21.8. The number of aromatic nitrogens is 1. The Bertz CT molecular complexity index is 1200. The molecule has 0 atom stereocenters. The van der Waals surface area contributed by atoms with Crippen LogP contribution in [-0.4, -0.2) is 42.0 Å². The molecule has 3 aromatic carbocycles. The molecule has 1 aromatic heterocycles. The second-order valence-electron chi connectivity index (χ2n) is 7.45. The second kappa shape index (κ2) is 9.65. The summed E-state index contributed by atoms with van der Waals surface area (Å²) in [5, 5.41) is 2.53. The van der Waals surface area contributed by atoms with Gasteiger partial charge in [0.15, 0.2) is 0 Å². The summed E-state index contributed by atoms with van der Waals surface area (Å²) in [5.41, 5.74) is 4.07. The van der Waals surface area contributed by atoms with E-state index in [0.717, 1.165) is 51.3 Å². The van der Waals surface area contributed by atoms with Gasteiger partial charge in [-0.25, -0.2) is 9.98 Å². The van der Waals surface area contributed by atoms with Gasteiger partial charge in [0.25, 0.3) is 0 Å². The number of rotatable bonds is 4. The first kappa shape index (κ1) is 20.9. The molecule has 1 aliphatic rings. The smallest absolute Gasteiger partial charge is 0.146 e. The predicted octanol–water partition coefficient (Wildman–Crippen LogP) is 6.54. The van der Waals surface area contributed by atoms with E-state index in [1.54, 1.807) is 11.3 Å². The van der Waals surface area contributed by atoms with Gasteiger partial charge in [-0.3, -0.25) is 0 Å². The van der Waals surface area contributed by atoms with Crippen molar-refractivity contribution in [2.75, 3.05) is 26.3 Å². The van der Waals surface area contributed by atoms with Crippen molar-refractivity contribution in [1.29, 1.82) is 0 Å². The van der Waals surface area contributed by atoms with E-state index < -0.39 is 0 Å². The van der Waals surface area contributed by atoms with E-state index in [1.165, 1.54) is 0 Å². The predicted molar refractivity (Wildman–Crippen MR) is 133 cm³/mol. The molecule has 5 rings (SSSR count). The number of morpholine rings is 1. The fourth-order valence-corrected chi connectivity index (χ4v) is 4.76. The van der Waals surface area contributed by atoms with Gasteiger partial charge in [0.1, 0.15) is 21.5 Å². The molecule has 0 aliphatic carbocycles. The molecule has 0 amide bonds. The van der Waals surface area contributed by atoms with Crippen molar-refractivity contribution in [1.82, 2.24) is 9.88 Å². The van der Waals surface area contributed by atoms with E-state index in [1.807, 2.05) is 48.5 Å². The molecule has 4 aromatic rings. The summed E-state index contributed by atoms with van der Waals surface area (Å²) in [6.07, 6.45) is 0. The van der Waals surface area contributed by atoms with Gasteiger partial charge in [0, 0.05) is 34.8 Å². The summed E-state index contributed by atoms with van der Waals surface area (Å²) in [4.78, 5) is 12.5. The molecule has 6 heteroatoms. The third kappa shape index (κ3) is 4.60. The highest BCUT2D eigenvalue weighted by Gasteiger charge is 2.20. The molecule has 0 bridgehead atoms. The van der Waals surface area contributed by atoms with Crippen molar-refractivity contribution in [2.45, 2.75) is 0 Å². The van der Waals surface area contributed by atoms with Crippen LogP contribution in [0, 0.1) is 0 Å². The van der Waals surface area contributed by atoms with E-state index in [4.69, 9.17) is 26.3 Å². The molecular weight excluding hydrogens is 438 g/mol. The lowest BCUT2D eigenvalue weighted by molar-refractivity contribution is 0.0683. The molecular formula is C26H22ClN3OS. The Labute approximate surface area is 196 Å². The number of hydrogen-bond acceptors (Lipinski definition) is 4. The topological polar surface area (TPSA) is 37.7 Å². The summed E-state index contributed by atoms with van der Waals surface area (Å²) in [5.74, 6) is 0.956. The van der Waals surface area contributed by atoms with Gasteiger partial charge < -0.3 is 9.64 Å². The maximum Gasteiger partial charge on any atom is 0.146 e. The quantitative estimate of drug-likeness (QED) is 0.257. The number of thiazole rings is 1. The summed E-state index contributed by atoms with van der Waals surface area (Å²) in [6, 6.07) is 28.4. The normalized spacial score (nSPS) is 14.5. The number of ether oxygens (including phenoxy) is 1. The third-order valence-corrected chi connectivity index (χ3v) is 6.55. The largest absolute Gasteiger partial charge is 0.378 e. The van der Waals surface area contributed by atoms with E-state index >= 15 is 0 Å². The number of aliphatic imine (C=N–C) groups is 1. The number of amidine groups is 1. The van der Waals surface area contributed by atoms with Crippen LogP contribution in [0.15, 0.2) is 89.9 Å². The van der Waals surface area contributed by atoms with Crippen LogP contribution in [0.4, 0.5) is 5.00 Å². The maximum atomic E-state index is 6.10. The minimum Gasteiger partial charge on any atom is -0.378 e. The molecule has 1 fully saturated rings. The zero-order valence-electron chi connectivity index (χ0n) is 17.4. The van der Waals surface area contributed by atoms with Gasteiger partial charge in [-0.1, -0.05) is 95.7 Å². The zero-order valence-corrected chi connectivity index (χ0v) is 19.0. The van der Waals surface area contributed by atoms with Gasteiger partial charge in [-0.2, -0.15) is 0 Å². The molecule has 1 saturated heterocycles. The fraction of sp³-hybridized carbons (Fsp3) is 0.154. The molecule has 0 spiro atoms. The summed E-state index contributed by atoms with van der Waals surface area (Å²) >= 11 is 7.70. The molecule has 160 valence electrons. The summed E-state index contributed by atoms with van der Waals surface area (Å²) in [6.45, 7) is 3.04.